The van der Waals surface area contributed by atoms with E-state index in [0.717, 1.165) is 24.8 Å². The number of anilines is 2. The van der Waals surface area contributed by atoms with E-state index in [2.05, 4.69) is 38.7 Å². The Morgan fingerprint density at radius 3 is 2.77 bits per heavy atom. The van der Waals surface area contributed by atoms with E-state index < -0.39 is 0 Å². The number of likely N-dealkylation sites (N-methyl/N-ethyl adjacent to an activating group) is 1. The summed E-state index contributed by atoms with van der Waals surface area (Å²) in [6.45, 7) is 4.44. The van der Waals surface area contributed by atoms with Crippen LogP contribution in [0.15, 0.2) is 12.3 Å². The number of nitrogens with zero attached hydrogens (tertiary/aromatic N) is 3. The number of nitrogens with one attached hydrogen (secondary N) is 2. The summed E-state index contributed by atoms with van der Waals surface area (Å²) in [6, 6.07) is 3.23. The van der Waals surface area contributed by atoms with Crippen LogP contribution in [0.25, 0.3) is 0 Å². The van der Waals surface area contributed by atoms with Gasteiger partial charge < -0.3 is 15.5 Å². The molecular weight excluding hydrogens is 274 g/mol. The molecule has 0 radical (unpaired) electrons. The highest BCUT2D eigenvalue weighted by Crippen LogP contribution is 2.28. The second-order valence-corrected chi connectivity index (χ2v) is 6.85. The second kappa shape index (κ2) is 7.27. The molecule has 1 saturated heterocycles. The normalized spacial score (nSPS) is 24.5. The van der Waals surface area contributed by atoms with Crippen LogP contribution in [0.4, 0.5) is 11.5 Å². The van der Waals surface area contributed by atoms with Gasteiger partial charge in [-0.1, -0.05) is 19.3 Å². The summed E-state index contributed by atoms with van der Waals surface area (Å²) >= 11 is 0. The smallest absolute Gasteiger partial charge is 0.150 e. The van der Waals surface area contributed by atoms with Crippen LogP contribution >= 0.6 is 0 Å². The molecule has 1 aromatic heterocycles. The standard InChI is InChI=1S/C17H29N5/c1-13(14-6-4-3-5-7-14)20-17-10-16(11-19-21-17)22-9-8-15(12-22)18-2/h10-11,13-15,18H,3-9,12H2,1-2H3,(H,20,21)/t13-,15+/m1/s1. The highest BCUT2D eigenvalue weighted by Gasteiger charge is 2.23. The zero-order valence-corrected chi connectivity index (χ0v) is 13.9. The van der Waals surface area contributed by atoms with Gasteiger partial charge in [-0.05, 0) is 39.2 Å². The van der Waals surface area contributed by atoms with Crippen molar-refractivity contribution in [2.24, 2.45) is 5.92 Å². The van der Waals surface area contributed by atoms with E-state index in [1.54, 1.807) is 0 Å². The summed E-state index contributed by atoms with van der Waals surface area (Å²) in [6.07, 6.45) is 9.92. The summed E-state index contributed by atoms with van der Waals surface area (Å²) in [5.74, 6) is 1.70. The molecule has 1 aliphatic carbocycles. The predicted molar refractivity (Wildman–Crippen MR) is 91.4 cm³/mol. The van der Waals surface area contributed by atoms with Gasteiger partial charge in [0.1, 0.15) is 0 Å². The van der Waals surface area contributed by atoms with E-state index in [9.17, 15) is 0 Å². The van der Waals surface area contributed by atoms with E-state index in [-0.39, 0.29) is 0 Å². The molecule has 0 bridgehead atoms. The quantitative estimate of drug-likeness (QED) is 0.876. The SMILES string of the molecule is CN[C@H]1CCN(c2cnnc(N[C@H](C)C3CCCCC3)c2)C1. The molecule has 1 saturated carbocycles. The Bertz CT molecular complexity index is 472. The van der Waals surface area contributed by atoms with Crippen molar-refractivity contribution in [3.8, 4) is 0 Å². The molecule has 122 valence electrons. The maximum Gasteiger partial charge on any atom is 0.150 e. The molecule has 3 rings (SSSR count). The zero-order chi connectivity index (χ0) is 15.4. The first-order chi connectivity index (χ1) is 10.8. The Labute approximate surface area is 133 Å². The molecule has 0 aromatic carbocycles. The Morgan fingerprint density at radius 1 is 1.23 bits per heavy atom. The van der Waals surface area contributed by atoms with Crippen LogP contribution in [-0.2, 0) is 0 Å². The molecule has 2 fully saturated rings. The molecule has 2 heterocycles. The van der Waals surface area contributed by atoms with Crippen molar-refractivity contribution in [3.63, 3.8) is 0 Å². The highest BCUT2D eigenvalue weighted by atomic mass is 15.2. The monoisotopic (exact) mass is 303 g/mol. The Kier molecular flexibility index (Phi) is 5.13. The fraction of sp³-hybridized carbons (Fsp3) is 0.765. The van der Waals surface area contributed by atoms with E-state index in [0.29, 0.717) is 12.1 Å². The lowest BCUT2D eigenvalue weighted by atomic mass is 9.84. The molecule has 22 heavy (non-hydrogen) atoms. The van der Waals surface area contributed by atoms with Crippen LogP contribution in [0.3, 0.4) is 0 Å². The van der Waals surface area contributed by atoms with Gasteiger partial charge >= 0.3 is 0 Å². The minimum absolute atomic E-state index is 0.480. The number of rotatable bonds is 5. The van der Waals surface area contributed by atoms with Gasteiger partial charge in [0.2, 0.25) is 0 Å². The molecule has 0 amide bonds. The minimum Gasteiger partial charge on any atom is -0.369 e. The Balaban J connectivity index is 1.61. The van der Waals surface area contributed by atoms with E-state index in [1.165, 1.54) is 44.2 Å². The largest absolute Gasteiger partial charge is 0.369 e. The molecule has 5 heteroatoms. The van der Waals surface area contributed by atoms with Gasteiger partial charge in [0.15, 0.2) is 5.82 Å². The minimum atomic E-state index is 0.480. The van der Waals surface area contributed by atoms with Crippen molar-refractivity contribution in [1.82, 2.24) is 15.5 Å². The zero-order valence-electron chi connectivity index (χ0n) is 13.9. The van der Waals surface area contributed by atoms with Gasteiger partial charge in [-0.3, -0.25) is 0 Å². The van der Waals surface area contributed by atoms with Gasteiger partial charge in [-0.15, -0.1) is 5.10 Å². The second-order valence-electron chi connectivity index (χ2n) is 6.85. The average molecular weight is 303 g/mol. The van der Waals surface area contributed by atoms with Crippen molar-refractivity contribution < 1.29 is 0 Å². The van der Waals surface area contributed by atoms with Crippen LogP contribution < -0.4 is 15.5 Å². The van der Waals surface area contributed by atoms with Crippen LogP contribution in [-0.4, -0.2) is 42.4 Å². The van der Waals surface area contributed by atoms with Gasteiger partial charge in [-0.25, -0.2) is 0 Å². The van der Waals surface area contributed by atoms with E-state index in [4.69, 9.17) is 0 Å². The summed E-state index contributed by atoms with van der Waals surface area (Å²) in [7, 11) is 2.04. The molecule has 1 aromatic rings. The maximum absolute atomic E-state index is 4.28. The molecule has 0 spiro atoms. The van der Waals surface area contributed by atoms with Gasteiger partial charge in [0, 0.05) is 31.2 Å². The van der Waals surface area contributed by atoms with Crippen molar-refractivity contribution in [2.45, 2.75) is 57.5 Å². The van der Waals surface area contributed by atoms with Gasteiger partial charge in [-0.2, -0.15) is 5.10 Å². The maximum atomic E-state index is 4.28. The van der Waals surface area contributed by atoms with E-state index in [1.807, 2.05) is 13.2 Å². The van der Waals surface area contributed by atoms with Crippen LogP contribution in [0, 0.1) is 5.92 Å². The molecular formula is C17H29N5. The van der Waals surface area contributed by atoms with Crippen molar-refractivity contribution in [2.75, 3.05) is 30.4 Å². The molecule has 0 unspecified atom stereocenters. The molecule has 2 aliphatic rings. The van der Waals surface area contributed by atoms with Crippen molar-refractivity contribution in [1.29, 1.82) is 0 Å². The van der Waals surface area contributed by atoms with Crippen LogP contribution in [0.2, 0.25) is 0 Å². The fourth-order valence-corrected chi connectivity index (χ4v) is 3.82. The van der Waals surface area contributed by atoms with Crippen molar-refractivity contribution >= 4 is 11.5 Å². The summed E-state index contributed by atoms with van der Waals surface area (Å²) < 4.78 is 0. The van der Waals surface area contributed by atoms with Crippen LogP contribution in [0.5, 0.6) is 0 Å². The Morgan fingerprint density at radius 2 is 2.05 bits per heavy atom. The first-order valence-corrected chi connectivity index (χ1v) is 8.77. The van der Waals surface area contributed by atoms with E-state index >= 15 is 0 Å². The van der Waals surface area contributed by atoms with Gasteiger partial charge in [0.05, 0.1) is 11.9 Å². The highest BCUT2D eigenvalue weighted by molar-refractivity contribution is 5.53. The third kappa shape index (κ3) is 3.69. The molecule has 1 aliphatic heterocycles. The Hall–Kier alpha value is -1.36. The topological polar surface area (TPSA) is 53.1 Å². The lowest BCUT2D eigenvalue weighted by molar-refractivity contribution is 0.328. The van der Waals surface area contributed by atoms with Crippen molar-refractivity contribution in [3.05, 3.63) is 12.3 Å². The lowest BCUT2D eigenvalue weighted by Crippen LogP contribution is -2.30. The number of hydrogen-bond acceptors (Lipinski definition) is 5. The lowest BCUT2D eigenvalue weighted by Gasteiger charge is -2.28. The first-order valence-electron chi connectivity index (χ1n) is 8.77. The van der Waals surface area contributed by atoms with Gasteiger partial charge in [0.25, 0.3) is 0 Å². The third-order valence-corrected chi connectivity index (χ3v) is 5.33. The molecule has 2 atom stereocenters. The first kappa shape index (κ1) is 15.5. The molecule has 5 nitrogen and oxygen atoms in total. The van der Waals surface area contributed by atoms with Crippen LogP contribution in [0.1, 0.15) is 45.4 Å². The number of hydrogen-bond donors (Lipinski definition) is 2. The number of aromatic nitrogens is 2. The average Bonchev–Trinajstić information content (AvgIpc) is 3.05. The summed E-state index contributed by atoms with van der Waals surface area (Å²) in [5, 5.41) is 15.4. The summed E-state index contributed by atoms with van der Waals surface area (Å²) in [4.78, 5) is 2.40. The third-order valence-electron chi connectivity index (χ3n) is 5.33. The predicted octanol–water partition coefficient (Wildman–Crippen LogP) is 2.66. The molecule has 2 N–H and O–H groups in total. The fourth-order valence-electron chi connectivity index (χ4n) is 3.82. The summed E-state index contributed by atoms with van der Waals surface area (Å²) in [5.41, 5.74) is 1.19.